The van der Waals surface area contributed by atoms with Crippen molar-refractivity contribution < 1.29 is 14.1 Å². The molecule has 110 valence electrons. The van der Waals surface area contributed by atoms with Crippen LogP contribution < -0.4 is 10.1 Å². The smallest absolute Gasteiger partial charge is 0.314 e. The first-order valence-corrected chi connectivity index (χ1v) is 6.70. The van der Waals surface area contributed by atoms with Crippen LogP contribution in [0.2, 0.25) is 0 Å². The van der Waals surface area contributed by atoms with Crippen molar-refractivity contribution >= 4 is 5.69 Å². The molecule has 0 spiro atoms. The van der Waals surface area contributed by atoms with Gasteiger partial charge in [-0.25, -0.2) is 4.39 Å². The lowest BCUT2D eigenvalue weighted by Crippen LogP contribution is -2.62. The molecule has 1 aromatic rings. The number of para-hydroxylation sites is 1. The largest absolute Gasteiger partial charge is 0.481 e. The number of rotatable bonds is 5. The lowest BCUT2D eigenvalue weighted by Gasteiger charge is -2.51. The standard InChI is InChI=1S/C14H19FN2O3/c1-4-16-11-8-12(14(11,2)3)20-13-9(15)6-5-7-10(13)17(18)19/h5-7,11-12,16H,4,8H2,1-3H3. The molecule has 20 heavy (non-hydrogen) atoms. The van der Waals surface area contributed by atoms with Crippen LogP contribution in [0.25, 0.3) is 0 Å². The molecule has 6 heteroatoms. The third kappa shape index (κ3) is 2.47. The van der Waals surface area contributed by atoms with E-state index in [1.54, 1.807) is 0 Å². The van der Waals surface area contributed by atoms with E-state index >= 15 is 0 Å². The highest BCUT2D eigenvalue weighted by atomic mass is 19.1. The Morgan fingerprint density at radius 3 is 2.80 bits per heavy atom. The van der Waals surface area contributed by atoms with E-state index in [0.29, 0.717) is 6.42 Å². The summed E-state index contributed by atoms with van der Waals surface area (Å²) < 4.78 is 19.4. The minimum absolute atomic E-state index is 0.188. The lowest BCUT2D eigenvalue weighted by atomic mass is 9.64. The summed E-state index contributed by atoms with van der Waals surface area (Å²) in [4.78, 5) is 10.3. The predicted octanol–water partition coefficient (Wildman–Crippen LogP) is 2.89. The fraction of sp³-hybridized carbons (Fsp3) is 0.571. The fourth-order valence-corrected chi connectivity index (χ4v) is 2.58. The molecule has 0 radical (unpaired) electrons. The van der Waals surface area contributed by atoms with E-state index in [1.807, 2.05) is 20.8 Å². The van der Waals surface area contributed by atoms with Gasteiger partial charge < -0.3 is 10.1 Å². The maximum absolute atomic E-state index is 13.8. The molecular weight excluding hydrogens is 263 g/mol. The van der Waals surface area contributed by atoms with Gasteiger partial charge in [-0.3, -0.25) is 10.1 Å². The second kappa shape index (κ2) is 5.36. The number of ether oxygens (including phenoxy) is 1. The van der Waals surface area contributed by atoms with Crippen molar-refractivity contribution in [3.05, 3.63) is 34.1 Å². The molecule has 1 saturated carbocycles. The molecule has 0 amide bonds. The fourth-order valence-electron chi connectivity index (χ4n) is 2.58. The van der Waals surface area contributed by atoms with Crippen LogP contribution in [-0.4, -0.2) is 23.6 Å². The van der Waals surface area contributed by atoms with Gasteiger partial charge >= 0.3 is 5.69 Å². The van der Waals surface area contributed by atoms with E-state index < -0.39 is 10.7 Å². The Morgan fingerprint density at radius 2 is 2.25 bits per heavy atom. The van der Waals surface area contributed by atoms with E-state index in [-0.39, 0.29) is 29.0 Å². The summed E-state index contributed by atoms with van der Waals surface area (Å²) in [5.74, 6) is -0.951. The summed E-state index contributed by atoms with van der Waals surface area (Å²) in [5, 5.41) is 14.3. The highest BCUT2D eigenvalue weighted by Gasteiger charge is 2.50. The van der Waals surface area contributed by atoms with Crippen molar-refractivity contribution in [1.29, 1.82) is 0 Å². The van der Waals surface area contributed by atoms with Crippen molar-refractivity contribution in [2.45, 2.75) is 39.3 Å². The number of halogens is 1. The molecule has 0 bridgehead atoms. The number of nitro groups is 1. The maximum Gasteiger partial charge on any atom is 0.314 e. The number of nitrogens with zero attached hydrogens (tertiary/aromatic N) is 1. The first-order chi connectivity index (χ1) is 9.37. The molecule has 0 heterocycles. The van der Waals surface area contributed by atoms with Crippen LogP contribution in [0.5, 0.6) is 5.75 Å². The average molecular weight is 282 g/mol. The molecule has 0 aliphatic heterocycles. The van der Waals surface area contributed by atoms with E-state index in [2.05, 4.69) is 5.32 Å². The molecule has 5 nitrogen and oxygen atoms in total. The third-order valence-electron chi connectivity index (χ3n) is 4.03. The van der Waals surface area contributed by atoms with Gasteiger partial charge in [0, 0.05) is 23.9 Å². The van der Waals surface area contributed by atoms with Crippen molar-refractivity contribution in [2.24, 2.45) is 5.41 Å². The van der Waals surface area contributed by atoms with Crippen LogP contribution in [-0.2, 0) is 0 Å². The molecule has 2 atom stereocenters. The Balaban J connectivity index is 2.18. The van der Waals surface area contributed by atoms with Gasteiger partial charge in [-0.1, -0.05) is 26.8 Å². The summed E-state index contributed by atoms with van der Waals surface area (Å²) in [6.07, 6.45) is 0.480. The molecule has 2 unspecified atom stereocenters. The average Bonchev–Trinajstić information content (AvgIpc) is 2.39. The molecule has 1 aliphatic rings. The van der Waals surface area contributed by atoms with Gasteiger partial charge in [0.15, 0.2) is 5.82 Å². The highest BCUT2D eigenvalue weighted by molar-refractivity contribution is 5.47. The summed E-state index contributed by atoms with van der Waals surface area (Å²) in [5.41, 5.74) is -0.515. The Labute approximate surface area is 117 Å². The van der Waals surface area contributed by atoms with Gasteiger partial charge in [0.2, 0.25) is 5.75 Å². The quantitative estimate of drug-likeness (QED) is 0.666. The van der Waals surface area contributed by atoms with Crippen LogP contribution in [0.4, 0.5) is 10.1 Å². The molecular formula is C14H19FN2O3. The number of nitrogens with one attached hydrogen (secondary N) is 1. The zero-order valence-corrected chi connectivity index (χ0v) is 11.9. The highest BCUT2D eigenvalue weighted by Crippen LogP contribution is 2.44. The third-order valence-corrected chi connectivity index (χ3v) is 4.03. The Kier molecular flexibility index (Phi) is 3.94. The van der Waals surface area contributed by atoms with Gasteiger partial charge in [0.05, 0.1) is 4.92 Å². The summed E-state index contributed by atoms with van der Waals surface area (Å²) in [6, 6.07) is 4.03. The number of hydrogen-bond donors (Lipinski definition) is 1. The molecule has 1 aromatic carbocycles. The van der Waals surface area contributed by atoms with Crippen molar-refractivity contribution in [3.63, 3.8) is 0 Å². The number of benzene rings is 1. The minimum atomic E-state index is -0.693. The van der Waals surface area contributed by atoms with Gasteiger partial charge in [0.25, 0.3) is 0 Å². The van der Waals surface area contributed by atoms with Crippen molar-refractivity contribution in [2.75, 3.05) is 6.54 Å². The molecule has 0 saturated heterocycles. The molecule has 1 N–H and O–H groups in total. The van der Waals surface area contributed by atoms with E-state index in [0.717, 1.165) is 6.54 Å². The topological polar surface area (TPSA) is 64.4 Å². The zero-order valence-electron chi connectivity index (χ0n) is 11.9. The van der Waals surface area contributed by atoms with Crippen molar-refractivity contribution in [1.82, 2.24) is 5.32 Å². The second-order valence-electron chi connectivity index (χ2n) is 5.62. The monoisotopic (exact) mass is 282 g/mol. The first-order valence-electron chi connectivity index (χ1n) is 6.70. The normalized spacial score (nSPS) is 24.0. The van der Waals surface area contributed by atoms with E-state index in [1.165, 1.54) is 18.2 Å². The first kappa shape index (κ1) is 14.7. The van der Waals surface area contributed by atoms with E-state index in [9.17, 15) is 14.5 Å². The van der Waals surface area contributed by atoms with Gasteiger partial charge in [-0.15, -0.1) is 0 Å². The minimum Gasteiger partial charge on any atom is -0.481 e. The van der Waals surface area contributed by atoms with Crippen molar-refractivity contribution in [3.8, 4) is 5.75 Å². The van der Waals surface area contributed by atoms with Gasteiger partial charge in [-0.2, -0.15) is 0 Å². The SMILES string of the molecule is CCNC1CC(Oc2c(F)cccc2[N+](=O)[O-])C1(C)C. The van der Waals surface area contributed by atoms with Gasteiger partial charge in [0.1, 0.15) is 6.10 Å². The van der Waals surface area contributed by atoms with E-state index in [4.69, 9.17) is 4.74 Å². The zero-order chi connectivity index (χ0) is 14.9. The predicted molar refractivity (Wildman–Crippen MR) is 73.3 cm³/mol. The Bertz CT molecular complexity index is 519. The Morgan fingerprint density at radius 1 is 1.55 bits per heavy atom. The van der Waals surface area contributed by atoms with Crippen LogP contribution in [0.3, 0.4) is 0 Å². The Hall–Kier alpha value is -1.69. The van der Waals surface area contributed by atoms with Crippen LogP contribution >= 0.6 is 0 Å². The number of hydrogen-bond acceptors (Lipinski definition) is 4. The molecule has 0 aromatic heterocycles. The summed E-state index contributed by atoms with van der Waals surface area (Å²) in [7, 11) is 0. The van der Waals surface area contributed by atoms with Gasteiger partial charge in [-0.05, 0) is 12.6 Å². The van der Waals surface area contributed by atoms with Crippen LogP contribution in [0.1, 0.15) is 27.2 Å². The summed E-state index contributed by atoms with van der Waals surface area (Å²) in [6.45, 7) is 6.90. The maximum atomic E-state index is 13.8. The molecule has 1 fully saturated rings. The van der Waals surface area contributed by atoms with Crippen LogP contribution in [0.15, 0.2) is 18.2 Å². The second-order valence-corrected chi connectivity index (χ2v) is 5.62. The molecule has 1 aliphatic carbocycles. The summed E-state index contributed by atoms with van der Waals surface area (Å²) >= 11 is 0. The van der Waals surface area contributed by atoms with Crippen LogP contribution in [0, 0.1) is 21.3 Å². The lowest BCUT2D eigenvalue weighted by molar-refractivity contribution is -0.386. The number of nitro benzene ring substituents is 1. The molecule has 2 rings (SSSR count).